The second-order valence-electron chi connectivity index (χ2n) is 7.24. The Hall–Kier alpha value is -2.67. The topological polar surface area (TPSA) is 67.2 Å². The summed E-state index contributed by atoms with van der Waals surface area (Å²) in [5.41, 5.74) is 2.31. The van der Waals surface area contributed by atoms with Crippen molar-refractivity contribution in [2.45, 2.75) is 32.4 Å². The van der Waals surface area contributed by atoms with Gasteiger partial charge in [-0.2, -0.15) is 0 Å². The molecule has 1 aromatic heterocycles. The molecule has 0 bridgehead atoms. The van der Waals surface area contributed by atoms with Crippen molar-refractivity contribution in [3.8, 4) is 0 Å². The minimum absolute atomic E-state index is 0.104. The molecule has 0 spiro atoms. The average Bonchev–Trinajstić information content (AvgIpc) is 3.10. The van der Waals surface area contributed by atoms with Crippen LogP contribution in [0.15, 0.2) is 53.0 Å². The molecule has 0 aliphatic carbocycles. The SMILES string of the molecule is O=C(NCc1nc2ccccc2n1CC(=O)N1CCCCC1)c1cccc(Br)c1. The van der Waals surface area contributed by atoms with E-state index in [0.29, 0.717) is 11.4 Å². The zero-order valence-corrected chi connectivity index (χ0v) is 17.7. The van der Waals surface area contributed by atoms with E-state index in [9.17, 15) is 9.59 Å². The summed E-state index contributed by atoms with van der Waals surface area (Å²) in [5, 5.41) is 2.93. The number of likely N-dealkylation sites (tertiary alicyclic amines) is 1. The molecule has 0 saturated carbocycles. The predicted molar refractivity (Wildman–Crippen MR) is 115 cm³/mol. The van der Waals surface area contributed by atoms with Crippen molar-refractivity contribution in [2.75, 3.05) is 13.1 Å². The Morgan fingerprint density at radius 1 is 1.03 bits per heavy atom. The number of amides is 2. The molecule has 150 valence electrons. The van der Waals surface area contributed by atoms with Crippen molar-refractivity contribution in [1.82, 2.24) is 19.8 Å². The third-order valence-electron chi connectivity index (χ3n) is 5.23. The Kier molecular flexibility index (Phi) is 5.94. The van der Waals surface area contributed by atoms with Crippen LogP contribution in [0.3, 0.4) is 0 Å². The maximum Gasteiger partial charge on any atom is 0.251 e. The van der Waals surface area contributed by atoms with Crippen LogP contribution in [0.1, 0.15) is 35.4 Å². The van der Waals surface area contributed by atoms with Crippen LogP contribution in [0.4, 0.5) is 0 Å². The number of benzene rings is 2. The molecule has 1 saturated heterocycles. The van der Waals surface area contributed by atoms with E-state index in [1.807, 2.05) is 45.9 Å². The Bertz CT molecular complexity index is 1040. The molecule has 2 amide bonds. The first-order chi connectivity index (χ1) is 14.1. The quantitative estimate of drug-likeness (QED) is 0.638. The summed E-state index contributed by atoms with van der Waals surface area (Å²) >= 11 is 3.39. The number of aromatic nitrogens is 2. The third-order valence-corrected chi connectivity index (χ3v) is 5.72. The Morgan fingerprint density at radius 3 is 2.62 bits per heavy atom. The summed E-state index contributed by atoms with van der Waals surface area (Å²) in [6, 6.07) is 15.0. The molecule has 7 heteroatoms. The molecular weight excluding hydrogens is 432 g/mol. The van der Waals surface area contributed by atoms with Gasteiger partial charge in [0.05, 0.1) is 17.6 Å². The lowest BCUT2D eigenvalue weighted by Crippen LogP contribution is -2.38. The highest BCUT2D eigenvalue weighted by Gasteiger charge is 2.20. The molecular formula is C22H23BrN4O2. The molecule has 0 radical (unpaired) electrons. The fourth-order valence-electron chi connectivity index (χ4n) is 3.71. The average molecular weight is 455 g/mol. The number of imidazole rings is 1. The number of para-hydroxylation sites is 2. The standard InChI is InChI=1S/C22H23BrN4O2/c23-17-8-6-7-16(13-17)22(29)24-14-20-25-18-9-2-3-10-19(18)27(20)15-21(28)26-11-4-1-5-12-26/h2-3,6-10,13H,1,4-5,11-12,14-15H2,(H,24,29). The zero-order chi connectivity index (χ0) is 20.2. The molecule has 0 unspecified atom stereocenters. The molecule has 4 rings (SSSR count). The van der Waals surface area contributed by atoms with Crippen molar-refractivity contribution in [2.24, 2.45) is 0 Å². The number of carbonyl (C=O) groups excluding carboxylic acids is 2. The van der Waals surface area contributed by atoms with E-state index in [0.717, 1.165) is 41.4 Å². The van der Waals surface area contributed by atoms with Gasteiger partial charge in [-0.25, -0.2) is 4.98 Å². The first-order valence-corrected chi connectivity index (χ1v) is 10.7. The van der Waals surface area contributed by atoms with Crippen molar-refractivity contribution in [3.05, 3.63) is 64.4 Å². The van der Waals surface area contributed by atoms with E-state index in [4.69, 9.17) is 0 Å². The molecule has 29 heavy (non-hydrogen) atoms. The van der Waals surface area contributed by atoms with Crippen LogP contribution in [-0.4, -0.2) is 39.4 Å². The van der Waals surface area contributed by atoms with Crippen molar-refractivity contribution in [3.63, 3.8) is 0 Å². The number of hydrogen-bond donors (Lipinski definition) is 1. The van der Waals surface area contributed by atoms with Gasteiger partial charge in [-0.05, 0) is 49.6 Å². The van der Waals surface area contributed by atoms with Crippen LogP contribution in [-0.2, 0) is 17.9 Å². The summed E-state index contributed by atoms with van der Waals surface area (Å²) < 4.78 is 2.78. The lowest BCUT2D eigenvalue weighted by atomic mass is 10.1. The Balaban J connectivity index is 1.54. The van der Waals surface area contributed by atoms with Crippen molar-refractivity contribution < 1.29 is 9.59 Å². The number of piperidine rings is 1. The third kappa shape index (κ3) is 4.50. The van der Waals surface area contributed by atoms with Gasteiger partial charge in [0.2, 0.25) is 5.91 Å². The van der Waals surface area contributed by atoms with Gasteiger partial charge in [-0.1, -0.05) is 34.1 Å². The predicted octanol–water partition coefficient (Wildman–Crippen LogP) is 3.74. The van der Waals surface area contributed by atoms with Gasteiger partial charge in [-0.3, -0.25) is 9.59 Å². The van der Waals surface area contributed by atoms with E-state index in [-0.39, 0.29) is 24.9 Å². The minimum atomic E-state index is -0.174. The van der Waals surface area contributed by atoms with Gasteiger partial charge >= 0.3 is 0 Å². The van der Waals surface area contributed by atoms with Crippen LogP contribution >= 0.6 is 15.9 Å². The molecule has 2 heterocycles. The molecule has 1 aliphatic heterocycles. The monoisotopic (exact) mass is 454 g/mol. The molecule has 0 atom stereocenters. The van der Waals surface area contributed by atoms with Crippen LogP contribution in [0, 0.1) is 0 Å². The minimum Gasteiger partial charge on any atom is -0.345 e. The molecule has 1 N–H and O–H groups in total. The maximum absolute atomic E-state index is 12.8. The van der Waals surface area contributed by atoms with Crippen molar-refractivity contribution >= 4 is 38.8 Å². The van der Waals surface area contributed by atoms with Crippen LogP contribution < -0.4 is 5.32 Å². The number of nitrogens with zero attached hydrogens (tertiary/aromatic N) is 3. The first-order valence-electron chi connectivity index (χ1n) is 9.87. The van der Waals surface area contributed by atoms with Gasteiger partial charge in [0.25, 0.3) is 5.91 Å². The number of halogens is 1. The fourth-order valence-corrected chi connectivity index (χ4v) is 4.11. The number of nitrogens with one attached hydrogen (secondary N) is 1. The van der Waals surface area contributed by atoms with E-state index >= 15 is 0 Å². The molecule has 1 aliphatic rings. The maximum atomic E-state index is 12.8. The van der Waals surface area contributed by atoms with E-state index < -0.39 is 0 Å². The van der Waals surface area contributed by atoms with Gasteiger partial charge in [0.1, 0.15) is 12.4 Å². The van der Waals surface area contributed by atoms with Crippen LogP contribution in [0.2, 0.25) is 0 Å². The largest absolute Gasteiger partial charge is 0.345 e. The number of hydrogen-bond acceptors (Lipinski definition) is 3. The Morgan fingerprint density at radius 2 is 1.83 bits per heavy atom. The molecule has 3 aromatic rings. The normalized spacial score (nSPS) is 14.2. The fraction of sp³-hybridized carbons (Fsp3) is 0.318. The van der Waals surface area contributed by atoms with Crippen LogP contribution in [0.25, 0.3) is 11.0 Å². The summed E-state index contributed by atoms with van der Waals surface area (Å²) in [5.74, 6) is 0.611. The Labute approximate surface area is 178 Å². The summed E-state index contributed by atoms with van der Waals surface area (Å²) in [7, 11) is 0. The molecule has 6 nitrogen and oxygen atoms in total. The number of fused-ring (bicyclic) bond motifs is 1. The second-order valence-corrected chi connectivity index (χ2v) is 8.15. The highest BCUT2D eigenvalue weighted by molar-refractivity contribution is 9.10. The molecule has 1 fully saturated rings. The smallest absolute Gasteiger partial charge is 0.251 e. The van der Waals surface area contributed by atoms with Gasteiger partial charge < -0.3 is 14.8 Å². The first kappa shape index (κ1) is 19.6. The highest BCUT2D eigenvalue weighted by Crippen LogP contribution is 2.18. The van der Waals surface area contributed by atoms with E-state index in [1.165, 1.54) is 6.42 Å². The molecule has 2 aromatic carbocycles. The zero-order valence-electron chi connectivity index (χ0n) is 16.1. The van der Waals surface area contributed by atoms with Crippen LogP contribution in [0.5, 0.6) is 0 Å². The summed E-state index contributed by atoms with van der Waals surface area (Å²) in [4.78, 5) is 32.0. The van der Waals surface area contributed by atoms with E-state index in [2.05, 4.69) is 26.2 Å². The number of carbonyl (C=O) groups is 2. The van der Waals surface area contributed by atoms with Crippen molar-refractivity contribution in [1.29, 1.82) is 0 Å². The van der Waals surface area contributed by atoms with E-state index in [1.54, 1.807) is 12.1 Å². The lowest BCUT2D eigenvalue weighted by molar-refractivity contribution is -0.132. The summed E-state index contributed by atoms with van der Waals surface area (Å²) in [6.45, 7) is 2.14. The number of rotatable bonds is 5. The summed E-state index contributed by atoms with van der Waals surface area (Å²) in [6.07, 6.45) is 3.31. The second kappa shape index (κ2) is 8.78. The van der Waals surface area contributed by atoms with Gasteiger partial charge in [0, 0.05) is 23.1 Å². The van der Waals surface area contributed by atoms with Gasteiger partial charge in [-0.15, -0.1) is 0 Å². The lowest BCUT2D eigenvalue weighted by Gasteiger charge is -2.27. The highest BCUT2D eigenvalue weighted by atomic mass is 79.9. The van der Waals surface area contributed by atoms with Gasteiger partial charge in [0.15, 0.2) is 0 Å².